The Kier molecular flexibility index (Phi) is 4.88. The van der Waals surface area contributed by atoms with E-state index in [1.807, 2.05) is 30.0 Å². The van der Waals surface area contributed by atoms with Crippen molar-refractivity contribution in [3.8, 4) is 5.75 Å². The van der Waals surface area contributed by atoms with Crippen molar-refractivity contribution in [1.82, 2.24) is 10.2 Å². The van der Waals surface area contributed by atoms with Gasteiger partial charge in [-0.05, 0) is 51.5 Å². The number of aromatic nitrogens is 2. The third-order valence-electron chi connectivity index (χ3n) is 4.09. The van der Waals surface area contributed by atoms with Crippen molar-refractivity contribution in [3.05, 3.63) is 34.8 Å². The SMILES string of the molecule is COc1ccc2c(c1)C(C)=CC(C)(C)N2C(=O)CSc1nnc(C)s1. The highest BCUT2D eigenvalue weighted by Gasteiger charge is 2.35. The molecule has 0 saturated heterocycles. The number of carbonyl (C=O) groups excluding carboxylic acids is 1. The summed E-state index contributed by atoms with van der Waals surface area (Å²) in [6.45, 7) is 8.10. The van der Waals surface area contributed by atoms with Crippen molar-refractivity contribution in [2.24, 2.45) is 0 Å². The lowest BCUT2D eigenvalue weighted by Crippen LogP contribution is -2.49. The van der Waals surface area contributed by atoms with E-state index >= 15 is 0 Å². The molecule has 1 aromatic heterocycles. The van der Waals surface area contributed by atoms with Gasteiger partial charge in [-0.15, -0.1) is 10.2 Å². The van der Waals surface area contributed by atoms with E-state index in [1.54, 1.807) is 7.11 Å². The number of hydrogen-bond donors (Lipinski definition) is 0. The number of aryl methyl sites for hydroxylation is 1. The number of anilines is 1. The maximum atomic E-state index is 13.0. The molecule has 0 unspecified atom stereocenters. The molecular formula is C18H21N3O2S2. The molecule has 0 saturated carbocycles. The van der Waals surface area contributed by atoms with E-state index < -0.39 is 0 Å². The Balaban J connectivity index is 1.90. The number of nitrogens with zero attached hydrogens (tertiary/aromatic N) is 3. The number of hydrogen-bond acceptors (Lipinski definition) is 6. The summed E-state index contributed by atoms with van der Waals surface area (Å²) in [6.07, 6.45) is 2.13. The van der Waals surface area contributed by atoms with Gasteiger partial charge in [0.1, 0.15) is 10.8 Å². The Bertz CT molecular complexity index is 843. The summed E-state index contributed by atoms with van der Waals surface area (Å²) >= 11 is 2.94. The highest BCUT2D eigenvalue weighted by Crippen LogP contribution is 2.41. The van der Waals surface area contributed by atoms with E-state index in [0.717, 1.165) is 31.9 Å². The second-order valence-electron chi connectivity index (χ2n) is 6.47. The topological polar surface area (TPSA) is 55.3 Å². The second kappa shape index (κ2) is 6.80. The van der Waals surface area contributed by atoms with E-state index in [9.17, 15) is 4.79 Å². The number of rotatable bonds is 4. The molecule has 7 heteroatoms. The summed E-state index contributed by atoms with van der Waals surface area (Å²) in [5.74, 6) is 1.17. The fourth-order valence-electron chi connectivity index (χ4n) is 3.12. The minimum atomic E-state index is -0.389. The Morgan fingerprint density at radius 3 is 2.72 bits per heavy atom. The van der Waals surface area contributed by atoms with Crippen LogP contribution in [0.25, 0.3) is 5.57 Å². The van der Waals surface area contributed by atoms with Gasteiger partial charge in [0.05, 0.1) is 24.1 Å². The van der Waals surface area contributed by atoms with Crippen LogP contribution < -0.4 is 9.64 Å². The van der Waals surface area contributed by atoms with Crippen LogP contribution in [0.4, 0.5) is 5.69 Å². The minimum absolute atomic E-state index is 0.0537. The maximum absolute atomic E-state index is 13.0. The molecule has 1 aromatic carbocycles. The first-order valence-electron chi connectivity index (χ1n) is 7.95. The third-order valence-corrected chi connectivity index (χ3v) is 6.05. The molecule has 0 atom stereocenters. The Morgan fingerprint density at radius 1 is 1.32 bits per heavy atom. The summed E-state index contributed by atoms with van der Waals surface area (Å²) in [5, 5.41) is 8.99. The number of methoxy groups -OCH3 is 1. The van der Waals surface area contributed by atoms with Gasteiger partial charge >= 0.3 is 0 Å². The zero-order valence-corrected chi connectivity index (χ0v) is 16.6. The van der Waals surface area contributed by atoms with E-state index in [0.29, 0.717) is 5.75 Å². The van der Waals surface area contributed by atoms with Gasteiger partial charge < -0.3 is 9.64 Å². The number of carbonyl (C=O) groups is 1. The molecule has 2 aromatic rings. The van der Waals surface area contributed by atoms with E-state index in [1.165, 1.54) is 23.1 Å². The van der Waals surface area contributed by atoms with Crippen LogP contribution in [0, 0.1) is 6.92 Å². The van der Waals surface area contributed by atoms with Crippen molar-refractivity contribution in [2.45, 2.75) is 37.6 Å². The average Bonchev–Trinajstić information content (AvgIpc) is 2.97. The molecule has 25 heavy (non-hydrogen) atoms. The molecule has 0 spiro atoms. The van der Waals surface area contributed by atoms with Gasteiger partial charge in [-0.25, -0.2) is 0 Å². The van der Waals surface area contributed by atoms with Crippen LogP contribution in [-0.4, -0.2) is 34.5 Å². The van der Waals surface area contributed by atoms with E-state index in [-0.39, 0.29) is 11.4 Å². The molecule has 0 aliphatic carbocycles. The first-order chi connectivity index (χ1) is 11.8. The summed E-state index contributed by atoms with van der Waals surface area (Å²) < 4.78 is 6.16. The number of ether oxygens (including phenoxy) is 1. The van der Waals surface area contributed by atoms with Crippen molar-refractivity contribution >= 4 is 40.3 Å². The smallest absolute Gasteiger partial charge is 0.238 e. The maximum Gasteiger partial charge on any atom is 0.238 e. The summed E-state index contributed by atoms with van der Waals surface area (Å²) in [7, 11) is 1.65. The van der Waals surface area contributed by atoms with E-state index in [2.05, 4.69) is 37.0 Å². The quantitative estimate of drug-likeness (QED) is 0.751. The molecule has 1 amide bonds. The van der Waals surface area contributed by atoms with E-state index in [4.69, 9.17) is 4.74 Å². The molecule has 3 rings (SSSR count). The average molecular weight is 376 g/mol. The lowest BCUT2D eigenvalue weighted by Gasteiger charge is -2.41. The molecule has 5 nitrogen and oxygen atoms in total. The standard InChI is InChI=1S/C18H21N3O2S2/c1-11-9-18(3,4)21(15-7-6-13(23-5)8-14(11)15)16(22)10-24-17-20-19-12(2)25-17/h6-9H,10H2,1-5H3. The predicted octanol–water partition coefficient (Wildman–Crippen LogP) is 4.18. The summed E-state index contributed by atoms with van der Waals surface area (Å²) in [6, 6.07) is 5.84. The monoisotopic (exact) mass is 375 g/mol. The number of amides is 1. The van der Waals surface area contributed by atoms with Crippen molar-refractivity contribution in [1.29, 1.82) is 0 Å². The third kappa shape index (κ3) is 3.57. The normalized spacial score (nSPS) is 15.6. The van der Waals surface area contributed by atoms with Gasteiger partial charge in [0, 0.05) is 5.56 Å². The van der Waals surface area contributed by atoms with Gasteiger partial charge in [-0.3, -0.25) is 4.79 Å². The van der Waals surface area contributed by atoms with Gasteiger partial charge in [0.15, 0.2) is 4.34 Å². The molecule has 0 bridgehead atoms. The molecular weight excluding hydrogens is 354 g/mol. The molecule has 132 valence electrons. The van der Waals surface area contributed by atoms with Gasteiger partial charge in [-0.1, -0.05) is 29.2 Å². The zero-order valence-electron chi connectivity index (χ0n) is 15.0. The highest BCUT2D eigenvalue weighted by molar-refractivity contribution is 8.01. The first-order valence-corrected chi connectivity index (χ1v) is 9.76. The Hall–Kier alpha value is -1.86. The van der Waals surface area contributed by atoms with Crippen molar-refractivity contribution in [3.63, 3.8) is 0 Å². The number of allylic oxidation sites excluding steroid dienone is 1. The van der Waals surface area contributed by atoms with Gasteiger partial charge in [-0.2, -0.15) is 0 Å². The molecule has 1 aliphatic rings. The van der Waals surface area contributed by atoms with Crippen LogP contribution >= 0.6 is 23.1 Å². The van der Waals surface area contributed by atoms with Crippen LogP contribution in [0.15, 0.2) is 28.6 Å². The summed E-state index contributed by atoms with van der Waals surface area (Å²) in [4.78, 5) is 14.9. The van der Waals surface area contributed by atoms with Gasteiger partial charge in [0.2, 0.25) is 5.91 Å². The first kappa shape index (κ1) is 17.9. The lowest BCUT2D eigenvalue weighted by molar-refractivity contribution is -0.116. The molecule has 0 N–H and O–H groups in total. The van der Waals surface area contributed by atoms with Gasteiger partial charge in [0.25, 0.3) is 0 Å². The van der Waals surface area contributed by atoms with Crippen LogP contribution in [0.2, 0.25) is 0 Å². The van der Waals surface area contributed by atoms with Crippen LogP contribution in [0.5, 0.6) is 5.75 Å². The Labute approximate surface area is 156 Å². The molecule has 0 fully saturated rings. The lowest BCUT2D eigenvalue weighted by atomic mass is 9.88. The fraction of sp³-hybridized carbons (Fsp3) is 0.389. The molecule has 0 radical (unpaired) electrons. The largest absolute Gasteiger partial charge is 0.497 e. The van der Waals surface area contributed by atoms with Crippen molar-refractivity contribution in [2.75, 3.05) is 17.8 Å². The number of fused-ring (bicyclic) bond motifs is 1. The number of benzene rings is 1. The fourth-order valence-corrected chi connectivity index (χ4v) is 4.78. The molecule has 2 heterocycles. The summed E-state index contributed by atoms with van der Waals surface area (Å²) in [5.41, 5.74) is 2.71. The minimum Gasteiger partial charge on any atom is -0.497 e. The zero-order chi connectivity index (χ0) is 18.2. The van der Waals surface area contributed by atoms with Crippen LogP contribution in [0.1, 0.15) is 31.3 Å². The molecule has 1 aliphatic heterocycles. The second-order valence-corrected chi connectivity index (χ2v) is 8.87. The number of thioether (sulfide) groups is 1. The van der Waals surface area contributed by atoms with Crippen LogP contribution in [-0.2, 0) is 4.79 Å². The Morgan fingerprint density at radius 2 is 2.08 bits per heavy atom. The van der Waals surface area contributed by atoms with Crippen molar-refractivity contribution < 1.29 is 9.53 Å². The predicted molar refractivity (Wildman–Crippen MR) is 104 cm³/mol. The van der Waals surface area contributed by atoms with Crippen LogP contribution in [0.3, 0.4) is 0 Å². The highest BCUT2D eigenvalue weighted by atomic mass is 32.2.